The number of aliphatic hydroxyl groups is 1. The average Bonchev–Trinajstić information content (AvgIpc) is 2.39. The van der Waals surface area contributed by atoms with E-state index < -0.39 is 18.2 Å². The Morgan fingerprint density at radius 3 is 3.00 bits per heavy atom. The third kappa shape index (κ3) is 1.07. The van der Waals surface area contributed by atoms with Gasteiger partial charge >= 0.3 is 0 Å². The number of fused-ring (bicyclic) bond motifs is 1. The molecule has 76 valence electrons. The van der Waals surface area contributed by atoms with Gasteiger partial charge in [0.1, 0.15) is 11.8 Å². The van der Waals surface area contributed by atoms with Crippen LogP contribution in [0, 0.1) is 0 Å². The molecule has 2 aliphatic rings. The van der Waals surface area contributed by atoms with Crippen molar-refractivity contribution in [2.45, 2.75) is 18.7 Å². The Labute approximate surface area is 79.4 Å². The van der Waals surface area contributed by atoms with Gasteiger partial charge in [-0.3, -0.25) is 9.69 Å². The lowest BCUT2D eigenvalue weighted by atomic mass is 10.1. The van der Waals surface area contributed by atoms with E-state index in [-0.39, 0.29) is 24.7 Å². The number of carbonyl (C=O) groups excluding carboxylic acids is 2. The molecule has 0 aromatic rings. The quantitative estimate of drug-likeness (QED) is 0.498. The van der Waals surface area contributed by atoms with E-state index in [1.54, 1.807) is 0 Å². The van der Waals surface area contributed by atoms with E-state index in [9.17, 15) is 14.7 Å². The zero-order chi connectivity index (χ0) is 10.3. The predicted octanol–water partition coefficient (Wildman–Crippen LogP) is -2.43. The number of carbonyl (C=O) groups is 2. The molecule has 2 heterocycles. The van der Waals surface area contributed by atoms with E-state index in [0.29, 0.717) is 0 Å². The third-order valence-corrected chi connectivity index (χ3v) is 2.28. The normalized spacial score (nSPS) is 32.5. The van der Waals surface area contributed by atoms with Crippen LogP contribution in [0.2, 0.25) is 0 Å². The van der Waals surface area contributed by atoms with Crippen LogP contribution in [-0.2, 0) is 14.3 Å². The lowest BCUT2D eigenvalue weighted by Gasteiger charge is -2.35. The Morgan fingerprint density at radius 1 is 1.79 bits per heavy atom. The highest BCUT2D eigenvalue weighted by Crippen LogP contribution is 2.35. The van der Waals surface area contributed by atoms with Crippen molar-refractivity contribution in [2.24, 2.45) is 0 Å². The minimum atomic E-state index is -1.39. The van der Waals surface area contributed by atoms with Gasteiger partial charge in [0.15, 0.2) is 6.23 Å². The maximum absolute atomic E-state index is 11.0. The Morgan fingerprint density at radius 2 is 2.50 bits per heavy atom. The number of aliphatic carboxylic acids is 1. The number of carboxylic acids is 1. The number of carboxylic acid groups (broad SMARTS) is 1. The van der Waals surface area contributed by atoms with Crippen molar-refractivity contribution in [3.63, 3.8) is 0 Å². The minimum Gasteiger partial charge on any atom is -0.547 e. The van der Waals surface area contributed by atoms with Gasteiger partial charge in [-0.2, -0.15) is 0 Å². The van der Waals surface area contributed by atoms with Crippen LogP contribution in [0.1, 0.15) is 6.42 Å². The SMILES string of the molecule is O=C([O-])[C@H]1C(=CCO)O[C@@H]2CC(=O)N12. The number of ether oxygens (including phenoxy) is 1. The molecule has 14 heavy (non-hydrogen) atoms. The number of amides is 1. The first-order valence-electron chi connectivity index (χ1n) is 4.14. The lowest BCUT2D eigenvalue weighted by molar-refractivity contribution is -0.310. The number of β-lactam (4-membered cyclic amide) rings is 1. The van der Waals surface area contributed by atoms with Crippen LogP contribution in [0.25, 0.3) is 0 Å². The van der Waals surface area contributed by atoms with Gasteiger partial charge < -0.3 is 19.7 Å². The summed E-state index contributed by atoms with van der Waals surface area (Å²) in [5.41, 5.74) is 0. The molecule has 0 bridgehead atoms. The molecule has 6 nitrogen and oxygen atoms in total. The highest BCUT2D eigenvalue weighted by atomic mass is 16.5. The summed E-state index contributed by atoms with van der Waals surface area (Å²) in [7, 11) is 0. The molecule has 0 spiro atoms. The Hall–Kier alpha value is -1.56. The summed E-state index contributed by atoms with van der Waals surface area (Å²) in [6, 6.07) is -1.17. The summed E-state index contributed by atoms with van der Waals surface area (Å²) in [5.74, 6) is -1.57. The van der Waals surface area contributed by atoms with Crippen LogP contribution in [0.4, 0.5) is 0 Å². The number of rotatable bonds is 2. The van der Waals surface area contributed by atoms with E-state index in [4.69, 9.17) is 9.84 Å². The molecular formula is C8H8NO5-. The lowest BCUT2D eigenvalue weighted by Crippen LogP contribution is -2.57. The molecule has 2 rings (SSSR count). The van der Waals surface area contributed by atoms with E-state index in [1.807, 2.05) is 0 Å². The van der Waals surface area contributed by atoms with Gasteiger partial charge in [0.2, 0.25) is 5.91 Å². The molecule has 2 atom stereocenters. The molecule has 0 unspecified atom stereocenters. The molecule has 1 amide bonds. The Balaban J connectivity index is 2.26. The van der Waals surface area contributed by atoms with Crippen LogP contribution in [0.15, 0.2) is 11.8 Å². The van der Waals surface area contributed by atoms with Crippen molar-refractivity contribution in [2.75, 3.05) is 6.61 Å². The van der Waals surface area contributed by atoms with E-state index in [0.717, 1.165) is 4.90 Å². The molecule has 0 saturated carbocycles. The summed E-state index contributed by atoms with van der Waals surface area (Å²) in [6.07, 6.45) is 0.918. The van der Waals surface area contributed by atoms with Crippen molar-refractivity contribution in [1.29, 1.82) is 0 Å². The molecule has 0 aromatic heterocycles. The van der Waals surface area contributed by atoms with Crippen molar-refractivity contribution in [3.8, 4) is 0 Å². The van der Waals surface area contributed by atoms with Crippen molar-refractivity contribution in [3.05, 3.63) is 11.8 Å². The smallest absolute Gasteiger partial charge is 0.232 e. The van der Waals surface area contributed by atoms with Crippen LogP contribution >= 0.6 is 0 Å². The Kier molecular flexibility index (Phi) is 1.92. The fourth-order valence-corrected chi connectivity index (χ4v) is 1.65. The molecule has 1 N–H and O–H groups in total. The van der Waals surface area contributed by atoms with Crippen molar-refractivity contribution >= 4 is 11.9 Å². The van der Waals surface area contributed by atoms with Gasteiger partial charge in [0, 0.05) is 0 Å². The van der Waals surface area contributed by atoms with Crippen molar-refractivity contribution in [1.82, 2.24) is 4.90 Å². The second kappa shape index (κ2) is 2.98. The summed E-state index contributed by atoms with van der Waals surface area (Å²) >= 11 is 0. The molecule has 2 saturated heterocycles. The maximum Gasteiger partial charge on any atom is 0.232 e. The van der Waals surface area contributed by atoms with Gasteiger partial charge in [-0.15, -0.1) is 0 Å². The molecule has 0 radical (unpaired) electrons. The Bertz CT molecular complexity index is 324. The van der Waals surface area contributed by atoms with Gasteiger partial charge in [0.25, 0.3) is 0 Å². The van der Waals surface area contributed by atoms with Gasteiger partial charge in [-0.25, -0.2) is 0 Å². The first-order chi connectivity index (χ1) is 6.65. The van der Waals surface area contributed by atoms with Crippen molar-refractivity contribution < 1.29 is 24.5 Å². The van der Waals surface area contributed by atoms with Gasteiger partial charge in [-0.05, 0) is 6.08 Å². The third-order valence-electron chi connectivity index (χ3n) is 2.28. The zero-order valence-corrected chi connectivity index (χ0v) is 7.17. The molecule has 6 heteroatoms. The topological polar surface area (TPSA) is 89.9 Å². The van der Waals surface area contributed by atoms with Gasteiger partial charge in [-0.1, -0.05) is 0 Å². The minimum absolute atomic E-state index is 0.0864. The molecule has 2 fully saturated rings. The monoisotopic (exact) mass is 198 g/mol. The number of hydrogen-bond donors (Lipinski definition) is 1. The molecule has 2 aliphatic heterocycles. The second-order valence-electron chi connectivity index (χ2n) is 3.09. The van der Waals surface area contributed by atoms with E-state index in [2.05, 4.69) is 0 Å². The van der Waals surface area contributed by atoms with E-state index >= 15 is 0 Å². The maximum atomic E-state index is 11.0. The second-order valence-corrected chi connectivity index (χ2v) is 3.09. The predicted molar refractivity (Wildman–Crippen MR) is 40.3 cm³/mol. The largest absolute Gasteiger partial charge is 0.547 e. The first-order valence-corrected chi connectivity index (χ1v) is 4.14. The highest BCUT2D eigenvalue weighted by Gasteiger charge is 2.50. The molecule has 0 aliphatic carbocycles. The molecule has 0 aromatic carbocycles. The average molecular weight is 198 g/mol. The summed E-state index contributed by atoms with van der Waals surface area (Å²) in [5, 5.41) is 19.3. The van der Waals surface area contributed by atoms with Crippen LogP contribution in [0.3, 0.4) is 0 Å². The van der Waals surface area contributed by atoms with Crippen LogP contribution in [-0.4, -0.2) is 40.8 Å². The number of nitrogens with zero attached hydrogens (tertiary/aromatic N) is 1. The fraction of sp³-hybridized carbons (Fsp3) is 0.500. The van der Waals surface area contributed by atoms with E-state index in [1.165, 1.54) is 6.08 Å². The van der Waals surface area contributed by atoms with Gasteiger partial charge in [0.05, 0.1) is 19.0 Å². The first kappa shape index (κ1) is 9.01. The number of hydrogen-bond acceptors (Lipinski definition) is 5. The highest BCUT2D eigenvalue weighted by molar-refractivity contribution is 5.90. The number of aliphatic hydroxyl groups excluding tert-OH is 1. The standard InChI is InChI=1S/C8H9NO5/c10-2-1-4-7(8(12)13)9-5(11)3-6(9)14-4/h1,6-7,10H,2-3H2,(H,12,13)/p-1/t6-,7-/m1/s1. The fourth-order valence-electron chi connectivity index (χ4n) is 1.65. The van der Waals surface area contributed by atoms with Crippen LogP contribution < -0.4 is 5.11 Å². The zero-order valence-electron chi connectivity index (χ0n) is 7.17. The summed E-state index contributed by atoms with van der Waals surface area (Å²) in [4.78, 5) is 22.9. The molecular weight excluding hydrogens is 190 g/mol. The summed E-state index contributed by atoms with van der Waals surface area (Å²) in [6.45, 7) is -0.326. The van der Waals surface area contributed by atoms with Crippen LogP contribution in [0.5, 0.6) is 0 Å². The summed E-state index contributed by atoms with van der Waals surface area (Å²) < 4.78 is 5.13.